The fraction of sp³-hybridized carbons (Fsp3) is 0.250. The van der Waals surface area contributed by atoms with Gasteiger partial charge >= 0.3 is 0 Å². The number of benzene rings is 1. The van der Waals surface area contributed by atoms with E-state index in [1.54, 1.807) is 26.0 Å². The van der Waals surface area contributed by atoms with Gasteiger partial charge in [0.2, 0.25) is 0 Å². The number of aryl methyl sites for hydroxylation is 1. The third kappa shape index (κ3) is 2.27. The van der Waals surface area contributed by atoms with Crippen LogP contribution in [0.3, 0.4) is 0 Å². The Morgan fingerprint density at radius 2 is 2.15 bits per heavy atom. The molecule has 1 aromatic rings. The summed E-state index contributed by atoms with van der Waals surface area (Å²) in [6.45, 7) is 5.42. The van der Waals surface area contributed by atoms with Gasteiger partial charge in [-0.05, 0) is 44.8 Å². The molecule has 1 aliphatic heterocycles. The van der Waals surface area contributed by atoms with Crippen LogP contribution in [0, 0.1) is 23.7 Å². The van der Waals surface area contributed by atoms with E-state index in [4.69, 9.17) is 15.4 Å². The van der Waals surface area contributed by atoms with Crippen molar-refractivity contribution in [2.75, 3.05) is 0 Å². The lowest BCUT2D eigenvalue weighted by Crippen LogP contribution is -2.39. The number of hydrogen-bond acceptors (Lipinski definition) is 4. The van der Waals surface area contributed by atoms with Crippen molar-refractivity contribution in [2.24, 2.45) is 0 Å². The summed E-state index contributed by atoms with van der Waals surface area (Å²) >= 11 is 0. The third-order valence-electron chi connectivity index (χ3n) is 3.18. The summed E-state index contributed by atoms with van der Waals surface area (Å²) in [5.74, 6) is 2.38. The Morgan fingerprint density at radius 3 is 2.75 bits per heavy atom. The van der Waals surface area contributed by atoms with Crippen LogP contribution in [0.2, 0.25) is 0 Å². The fourth-order valence-electron chi connectivity index (χ4n) is 2.14. The van der Waals surface area contributed by atoms with Gasteiger partial charge in [0, 0.05) is 5.57 Å². The molecule has 0 unspecified atom stereocenters. The van der Waals surface area contributed by atoms with E-state index in [9.17, 15) is 4.79 Å². The maximum atomic E-state index is 12.6. The molecule has 4 nitrogen and oxygen atoms in total. The predicted octanol–water partition coefficient (Wildman–Crippen LogP) is 2.97. The number of carbonyl (C=O) groups is 1. The number of fused-ring (bicyclic) bond motifs is 1. The second-order valence-corrected chi connectivity index (χ2v) is 5.15. The predicted molar refractivity (Wildman–Crippen MR) is 75.2 cm³/mol. The molecule has 0 saturated heterocycles. The van der Waals surface area contributed by atoms with Crippen LogP contribution in [0.1, 0.15) is 29.8 Å². The summed E-state index contributed by atoms with van der Waals surface area (Å²) in [6.07, 6.45) is 1.38. The maximum absolute atomic E-state index is 12.6. The minimum absolute atomic E-state index is 0.00104. The molecular formula is C16H14N2O2. The molecule has 0 atom stereocenters. The van der Waals surface area contributed by atoms with Gasteiger partial charge in [-0.2, -0.15) is 5.26 Å². The molecule has 0 aliphatic carbocycles. The van der Waals surface area contributed by atoms with Crippen molar-refractivity contribution in [1.82, 2.24) is 0 Å². The number of hydrogen-bond donors (Lipinski definition) is 1. The Kier molecular flexibility index (Phi) is 3.31. The molecular weight excluding hydrogens is 252 g/mol. The number of nitrogens with zero attached hydrogens (tertiary/aromatic N) is 1. The lowest BCUT2D eigenvalue weighted by atomic mass is 9.85. The van der Waals surface area contributed by atoms with Crippen LogP contribution in [-0.4, -0.2) is 17.3 Å². The third-order valence-corrected chi connectivity index (χ3v) is 3.18. The van der Waals surface area contributed by atoms with Crippen LogP contribution in [0.15, 0.2) is 35.4 Å². The molecule has 0 saturated carbocycles. The number of ketones is 1. The molecule has 100 valence electrons. The topological polar surface area (TPSA) is 73.9 Å². The van der Waals surface area contributed by atoms with Crippen molar-refractivity contribution in [3.8, 4) is 11.8 Å². The van der Waals surface area contributed by atoms with Crippen LogP contribution >= 0.6 is 0 Å². The minimum Gasteiger partial charge on any atom is -0.482 e. The molecule has 1 aromatic carbocycles. The molecule has 1 aliphatic rings. The number of nitriles is 1. The standard InChI is InChI=1S/C16H14N2O2/c1-10-4-5-14-12(6-10)15(19)13(16(2,3)20-14)7-11(8-17)9-18/h4-7,17H,1-3H3/b13-7+. The van der Waals surface area contributed by atoms with Crippen molar-refractivity contribution in [2.45, 2.75) is 26.4 Å². The highest BCUT2D eigenvalue weighted by atomic mass is 16.5. The zero-order valence-corrected chi connectivity index (χ0v) is 11.6. The number of nitrogens with one attached hydrogen (secondary N) is 1. The summed E-state index contributed by atoms with van der Waals surface area (Å²) in [5.41, 5.74) is 0.951. The second-order valence-electron chi connectivity index (χ2n) is 5.15. The summed E-state index contributed by atoms with van der Waals surface area (Å²) in [6, 6.07) is 7.25. The first-order chi connectivity index (χ1) is 9.39. The van der Waals surface area contributed by atoms with Crippen molar-refractivity contribution in [1.29, 1.82) is 10.7 Å². The maximum Gasteiger partial charge on any atom is 0.196 e. The Morgan fingerprint density at radius 1 is 1.45 bits per heavy atom. The largest absolute Gasteiger partial charge is 0.482 e. The van der Waals surface area contributed by atoms with Crippen LogP contribution in [-0.2, 0) is 0 Å². The highest BCUT2D eigenvalue weighted by molar-refractivity contribution is 6.13. The summed E-state index contributed by atoms with van der Waals surface area (Å²) in [7, 11) is 0. The van der Waals surface area contributed by atoms with Crippen molar-refractivity contribution in [3.63, 3.8) is 0 Å². The van der Waals surface area contributed by atoms with Gasteiger partial charge < -0.3 is 4.74 Å². The second kappa shape index (κ2) is 4.80. The van der Waals surface area contributed by atoms with Gasteiger partial charge in [0.15, 0.2) is 5.78 Å². The van der Waals surface area contributed by atoms with E-state index in [-0.39, 0.29) is 11.4 Å². The number of carbonyl (C=O) groups excluding carboxylic acids is 1. The van der Waals surface area contributed by atoms with E-state index in [0.717, 1.165) is 5.56 Å². The van der Waals surface area contributed by atoms with Gasteiger partial charge in [0.25, 0.3) is 0 Å². The van der Waals surface area contributed by atoms with Crippen molar-refractivity contribution >= 4 is 11.7 Å². The Labute approximate surface area is 117 Å². The smallest absolute Gasteiger partial charge is 0.196 e. The van der Waals surface area contributed by atoms with Gasteiger partial charge in [-0.1, -0.05) is 11.6 Å². The monoisotopic (exact) mass is 266 g/mol. The first kappa shape index (κ1) is 13.8. The number of ether oxygens (including phenoxy) is 1. The summed E-state index contributed by atoms with van der Waals surface area (Å²) in [5, 5.41) is 15.9. The zero-order valence-electron chi connectivity index (χ0n) is 11.6. The van der Waals surface area contributed by atoms with Gasteiger partial charge in [-0.25, -0.2) is 0 Å². The average molecular weight is 266 g/mol. The van der Waals surface area contributed by atoms with Crippen molar-refractivity contribution < 1.29 is 9.53 Å². The summed E-state index contributed by atoms with van der Waals surface area (Å²) in [4.78, 5) is 12.6. The lowest BCUT2D eigenvalue weighted by Gasteiger charge is -2.34. The van der Waals surface area contributed by atoms with E-state index < -0.39 is 5.60 Å². The van der Waals surface area contributed by atoms with Crippen LogP contribution < -0.4 is 4.74 Å². The van der Waals surface area contributed by atoms with Crippen LogP contribution in [0.25, 0.3) is 0 Å². The van der Waals surface area contributed by atoms with Crippen LogP contribution in [0.5, 0.6) is 5.75 Å². The SMILES string of the molecule is Cc1ccc2c(c1)C(=O)/C(=C\C(=C=N)C#N)C(C)(C)O2. The Hall–Kier alpha value is -2.63. The molecule has 0 amide bonds. The van der Waals surface area contributed by atoms with Gasteiger partial charge in [-0.3, -0.25) is 10.2 Å². The zero-order chi connectivity index (χ0) is 14.9. The van der Waals surface area contributed by atoms with Gasteiger partial charge in [0.1, 0.15) is 23.0 Å². The molecule has 0 bridgehead atoms. The van der Waals surface area contributed by atoms with Gasteiger partial charge in [-0.15, -0.1) is 0 Å². The highest BCUT2D eigenvalue weighted by Gasteiger charge is 2.38. The minimum atomic E-state index is -0.849. The van der Waals surface area contributed by atoms with E-state index in [1.807, 2.05) is 24.9 Å². The Balaban J connectivity index is 2.64. The molecule has 4 heteroatoms. The lowest BCUT2D eigenvalue weighted by molar-refractivity contribution is 0.0856. The average Bonchev–Trinajstić information content (AvgIpc) is 2.40. The van der Waals surface area contributed by atoms with E-state index in [2.05, 4.69) is 0 Å². The quantitative estimate of drug-likeness (QED) is 0.482. The van der Waals surface area contributed by atoms with E-state index >= 15 is 0 Å². The molecule has 1 N–H and O–H groups in total. The van der Waals surface area contributed by atoms with Crippen molar-refractivity contribution in [3.05, 3.63) is 46.5 Å². The molecule has 0 spiro atoms. The molecule has 0 aromatic heterocycles. The first-order valence-corrected chi connectivity index (χ1v) is 6.15. The van der Waals surface area contributed by atoms with E-state index in [1.165, 1.54) is 6.08 Å². The van der Waals surface area contributed by atoms with Crippen LogP contribution in [0.4, 0.5) is 0 Å². The first-order valence-electron chi connectivity index (χ1n) is 6.15. The molecule has 0 fully saturated rings. The molecule has 20 heavy (non-hydrogen) atoms. The number of Topliss-reactive ketones (excluding diaryl/α,β-unsaturated/α-hetero) is 1. The summed E-state index contributed by atoms with van der Waals surface area (Å²) < 4.78 is 5.85. The fourth-order valence-corrected chi connectivity index (χ4v) is 2.14. The normalized spacial score (nSPS) is 17.7. The molecule has 2 rings (SSSR count). The molecule has 0 radical (unpaired) electrons. The number of rotatable bonds is 1. The highest BCUT2D eigenvalue weighted by Crippen LogP contribution is 2.37. The molecule has 1 heterocycles. The number of allylic oxidation sites excluding steroid dienone is 2. The van der Waals surface area contributed by atoms with E-state index in [0.29, 0.717) is 16.9 Å². The Bertz CT molecular complexity index is 714. The van der Waals surface area contributed by atoms with Gasteiger partial charge in [0.05, 0.1) is 5.56 Å².